The van der Waals surface area contributed by atoms with E-state index in [9.17, 15) is 10.2 Å². The molecule has 0 unspecified atom stereocenters. The minimum atomic E-state index is -0.349. The molecular formula is C26H32N2O3. The van der Waals surface area contributed by atoms with Crippen molar-refractivity contribution in [2.75, 3.05) is 13.2 Å². The molecule has 2 fully saturated rings. The van der Waals surface area contributed by atoms with E-state index >= 15 is 0 Å². The summed E-state index contributed by atoms with van der Waals surface area (Å²) in [5.41, 5.74) is 5.85. The van der Waals surface area contributed by atoms with Crippen LogP contribution in [0.1, 0.15) is 43.4 Å². The highest BCUT2D eigenvalue weighted by Crippen LogP contribution is 2.28. The molecule has 0 radical (unpaired) electrons. The molecule has 5 rings (SSSR count). The van der Waals surface area contributed by atoms with Crippen LogP contribution < -0.4 is 0 Å². The number of aromatic amines is 1. The highest BCUT2D eigenvalue weighted by molar-refractivity contribution is 5.86. The molecule has 5 heteroatoms. The Hall–Kier alpha value is -2.18. The number of aromatic nitrogens is 1. The van der Waals surface area contributed by atoms with Crippen molar-refractivity contribution in [3.8, 4) is 11.1 Å². The number of nitrogens with one attached hydrogen (secondary N) is 1. The predicted molar refractivity (Wildman–Crippen MR) is 123 cm³/mol. The topological polar surface area (TPSA) is 68.7 Å². The van der Waals surface area contributed by atoms with Crippen LogP contribution >= 0.6 is 0 Å². The predicted octanol–water partition coefficient (Wildman–Crippen LogP) is 4.22. The van der Waals surface area contributed by atoms with Crippen molar-refractivity contribution in [3.63, 3.8) is 0 Å². The Balaban J connectivity index is 1.31. The second-order valence-corrected chi connectivity index (χ2v) is 9.17. The molecule has 0 bridgehead atoms. The summed E-state index contributed by atoms with van der Waals surface area (Å²) in [6, 6.07) is 17.4. The number of aliphatic hydroxyl groups is 2. The number of benzene rings is 2. The maximum Gasteiger partial charge on any atom is 0.0720 e. The van der Waals surface area contributed by atoms with E-state index in [1.165, 1.54) is 47.8 Å². The molecular weight excluding hydrogens is 388 g/mol. The number of H-pyrrole nitrogens is 1. The quantitative estimate of drug-likeness (QED) is 0.535. The summed E-state index contributed by atoms with van der Waals surface area (Å²) in [5.74, 6) is 0. The molecule has 1 aliphatic carbocycles. The molecule has 2 aliphatic rings. The summed E-state index contributed by atoms with van der Waals surface area (Å²) >= 11 is 0. The average molecular weight is 421 g/mol. The van der Waals surface area contributed by atoms with Gasteiger partial charge in [-0.2, -0.15) is 0 Å². The number of fused-ring (bicyclic) bond motifs is 1. The van der Waals surface area contributed by atoms with Gasteiger partial charge in [-0.05, 0) is 60.2 Å². The summed E-state index contributed by atoms with van der Waals surface area (Å²) in [6.07, 6.45) is 5.70. The minimum Gasteiger partial charge on any atom is -0.395 e. The molecule has 1 saturated carbocycles. The molecule has 1 saturated heterocycles. The maximum atomic E-state index is 9.93. The van der Waals surface area contributed by atoms with Crippen LogP contribution in [0.4, 0.5) is 0 Å². The minimum absolute atomic E-state index is 0.0335. The Labute approximate surface area is 183 Å². The smallest absolute Gasteiger partial charge is 0.0720 e. The fourth-order valence-electron chi connectivity index (χ4n) is 5.13. The summed E-state index contributed by atoms with van der Waals surface area (Å²) < 4.78 is 6.10. The van der Waals surface area contributed by atoms with Gasteiger partial charge in [0, 0.05) is 35.7 Å². The third-order valence-corrected chi connectivity index (χ3v) is 6.81. The van der Waals surface area contributed by atoms with Crippen molar-refractivity contribution >= 4 is 10.9 Å². The lowest BCUT2D eigenvalue weighted by Crippen LogP contribution is -2.31. The van der Waals surface area contributed by atoms with Gasteiger partial charge in [0.2, 0.25) is 0 Å². The van der Waals surface area contributed by atoms with Crippen LogP contribution in [0.25, 0.3) is 22.0 Å². The number of hydrogen-bond donors (Lipinski definition) is 3. The molecule has 31 heavy (non-hydrogen) atoms. The first-order valence-electron chi connectivity index (χ1n) is 11.5. The maximum absolute atomic E-state index is 9.93. The van der Waals surface area contributed by atoms with Gasteiger partial charge in [-0.3, -0.25) is 4.90 Å². The highest BCUT2D eigenvalue weighted by Gasteiger charge is 2.30. The van der Waals surface area contributed by atoms with E-state index in [1.807, 2.05) is 0 Å². The molecule has 2 heterocycles. The second-order valence-electron chi connectivity index (χ2n) is 9.17. The lowest BCUT2D eigenvalue weighted by Gasteiger charge is -2.21. The zero-order valence-electron chi connectivity index (χ0n) is 18.0. The number of ether oxygens (including phenoxy) is 1. The Bertz CT molecular complexity index is 1020. The van der Waals surface area contributed by atoms with Crippen molar-refractivity contribution < 1.29 is 14.9 Å². The van der Waals surface area contributed by atoms with Crippen LogP contribution in [0.5, 0.6) is 0 Å². The van der Waals surface area contributed by atoms with Crippen molar-refractivity contribution in [2.24, 2.45) is 0 Å². The third-order valence-electron chi connectivity index (χ3n) is 6.81. The molecule has 1 aliphatic heterocycles. The summed E-state index contributed by atoms with van der Waals surface area (Å²) in [7, 11) is 0. The first-order valence-corrected chi connectivity index (χ1v) is 11.5. The zero-order valence-corrected chi connectivity index (χ0v) is 18.0. The van der Waals surface area contributed by atoms with E-state index in [0.717, 1.165) is 11.2 Å². The van der Waals surface area contributed by atoms with Crippen molar-refractivity contribution in [1.82, 2.24) is 9.88 Å². The van der Waals surface area contributed by atoms with E-state index in [2.05, 4.69) is 58.4 Å². The first kappa shape index (κ1) is 20.7. The van der Waals surface area contributed by atoms with Gasteiger partial charge in [0.25, 0.3) is 0 Å². The normalized spacial score (nSPS) is 22.6. The van der Waals surface area contributed by atoms with Gasteiger partial charge in [-0.15, -0.1) is 0 Å². The van der Waals surface area contributed by atoms with E-state index in [4.69, 9.17) is 4.74 Å². The molecule has 0 amide bonds. The van der Waals surface area contributed by atoms with Crippen LogP contribution in [-0.4, -0.2) is 51.5 Å². The van der Waals surface area contributed by atoms with Crippen molar-refractivity contribution in [1.29, 1.82) is 0 Å². The standard InChI is InChI=1S/C26H32N2O3/c29-16-23-13-24(30)15-28(23)14-22-12-21-11-20(8-9-26(21)27-22)19-5-3-4-18(10-19)17-31-25-6-1-2-7-25/h3-5,8-12,23-25,27,29-30H,1-2,6-7,13-17H2/t23-,24-/m1/s1. The molecule has 2 atom stereocenters. The van der Waals surface area contributed by atoms with Gasteiger partial charge in [0.05, 0.1) is 25.4 Å². The lowest BCUT2D eigenvalue weighted by molar-refractivity contribution is 0.0457. The van der Waals surface area contributed by atoms with Gasteiger partial charge >= 0.3 is 0 Å². The number of rotatable bonds is 7. The van der Waals surface area contributed by atoms with E-state index in [1.54, 1.807) is 0 Å². The zero-order chi connectivity index (χ0) is 21.2. The number of likely N-dealkylation sites (tertiary alicyclic amines) is 1. The van der Waals surface area contributed by atoms with E-state index in [-0.39, 0.29) is 18.8 Å². The fourth-order valence-corrected chi connectivity index (χ4v) is 5.13. The Morgan fingerprint density at radius 1 is 1.03 bits per heavy atom. The van der Waals surface area contributed by atoms with Gasteiger partial charge in [0.15, 0.2) is 0 Å². The Kier molecular flexibility index (Phi) is 6.10. The average Bonchev–Trinajstić information content (AvgIpc) is 3.51. The van der Waals surface area contributed by atoms with Gasteiger partial charge in [0.1, 0.15) is 0 Å². The third kappa shape index (κ3) is 4.70. The number of nitrogens with zero attached hydrogens (tertiary/aromatic N) is 1. The molecule has 5 nitrogen and oxygen atoms in total. The summed E-state index contributed by atoms with van der Waals surface area (Å²) in [6.45, 7) is 2.09. The summed E-state index contributed by atoms with van der Waals surface area (Å²) in [5, 5.41) is 20.7. The SMILES string of the molecule is OC[C@H]1C[C@@H](O)CN1Cc1cc2cc(-c3cccc(COC4CCCC4)c3)ccc2[nH]1. The molecule has 0 spiro atoms. The van der Waals surface area contributed by atoms with Crippen molar-refractivity contribution in [2.45, 2.75) is 63.5 Å². The van der Waals surface area contributed by atoms with Crippen LogP contribution in [0.3, 0.4) is 0 Å². The van der Waals surface area contributed by atoms with Gasteiger partial charge < -0.3 is 19.9 Å². The molecule has 1 aromatic heterocycles. The highest BCUT2D eigenvalue weighted by atomic mass is 16.5. The van der Waals surface area contributed by atoms with Crippen molar-refractivity contribution in [3.05, 3.63) is 59.8 Å². The molecule has 3 N–H and O–H groups in total. The lowest BCUT2D eigenvalue weighted by atomic mass is 10.0. The largest absolute Gasteiger partial charge is 0.395 e. The van der Waals surface area contributed by atoms with Crippen LogP contribution in [0, 0.1) is 0 Å². The van der Waals surface area contributed by atoms with E-state index in [0.29, 0.717) is 32.2 Å². The van der Waals surface area contributed by atoms with Gasteiger partial charge in [-0.25, -0.2) is 0 Å². The number of β-amino-alcohol motifs (C(OH)–C–C–N with tert-alkyl or cyclic N) is 1. The Morgan fingerprint density at radius 3 is 2.71 bits per heavy atom. The first-order chi connectivity index (χ1) is 15.2. The van der Waals surface area contributed by atoms with Crippen LogP contribution in [0.15, 0.2) is 48.5 Å². The number of hydrogen-bond acceptors (Lipinski definition) is 4. The summed E-state index contributed by atoms with van der Waals surface area (Å²) in [4.78, 5) is 5.66. The second kappa shape index (κ2) is 9.13. The molecule has 2 aromatic carbocycles. The molecule has 3 aromatic rings. The van der Waals surface area contributed by atoms with Crippen LogP contribution in [-0.2, 0) is 17.9 Å². The number of aliphatic hydroxyl groups excluding tert-OH is 2. The van der Waals surface area contributed by atoms with Gasteiger partial charge in [-0.1, -0.05) is 37.1 Å². The Morgan fingerprint density at radius 2 is 1.87 bits per heavy atom. The fraction of sp³-hybridized carbons (Fsp3) is 0.462. The monoisotopic (exact) mass is 420 g/mol. The van der Waals surface area contributed by atoms with E-state index < -0.39 is 0 Å². The molecule has 164 valence electrons. The van der Waals surface area contributed by atoms with Crippen LogP contribution in [0.2, 0.25) is 0 Å².